The normalized spacial score (nSPS) is 11.3. The lowest BCUT2D eigenvalue weighted by Crippen LogP contribution is -2.12. The molecule has 1 N–H and O–H groups in total. The third kappa shape index (κ3) is 2.57. The summed E-state index contributed by atoms with van der Waals surface area (Å²) in [4.78, 5) is 4.41. The zero-order chi connectivity index (χ0) is 13.0. The van der Waals surface area contributed by atoms with Gasteiger partial charge in [0.2, 0.25) is 0 Å². The number of benzene rings is 1. The van der Waals surface area contributed by atoms with Gasteiger partial charge in [-0.25, -0.2) is 4.99 Å². The van der Waals surface area contributed by atoms with E-state index in [4.69, 9.17) is 5.26 Å². The predicted octanol–water partition coefficient (Wildman–Crippen LogP) is 2.36. The highest BCUT2D eigenvalue weighted by Crippen LogP contribution is 2.25. The lowest BCUT2D eigenvalue weighted by atomic mass is 10.2. The van der Waals surface area contributed by atoms with Crippen LogP contribution >= 0.6 is 11.8 Å². The van der Waals surface area contributed by atoms with Crippen molar-refractivity contribution in [1.82, 2.24) is 15.5 Å². The van der Waals surface area contributed by atoms with E-state index in [1.165, 1.54) is 11.8 Å². The molecule has 2 aromatic rings. The van der Waals surface area contributed by atoms with Gasteiger partial charge in [-0.15, -0.1) is 0 Å². The third-order valence-corrected chi connectivity index (χ3v) is 2.89. The van der Waals surface area contributed by atoms with Gasteiger partial charge < -0.3 is 0 Å². The van der Waals surface area contributed by atoms with E-state index in [2.05, 4.69) is 20.5 Å². The molecule has 0 spiro atoms. The van der Waals surface area contributed by atoms with Crippen LogP contribution in [0.4, 0.5) is 5.69 Å². The molecular formula is C12H11N5S. The van der Waals surface area contributed by atoms with Crippen molar-refractivity contribution in [3.63, 3.8) is 0 Å². The largest absolute Gasteiger partial charge is 0.271 e. The van der Waals surface area contributed by atoms with Crippen molar-refractivity contribution in [1.29, 1.82) is 5.26 Å². The molecule has 1 heterocycles. The molecule has 0 atom stereocenters. The van der Waals surface area contributed by atoms with E-state index in [0.29, 0.717) is 5.17 Å². The number of aliphatic imine (C=N–C) groups is 1. The minimum atomic E-state index is 0.555. The maximum atomic E-state index is 8.63. The van der Waals surface area contributed by atoms with Gasteiger partial charge in [-0.2, -0.15) is 15.5 Å². The van der Waals surface area contributed by atoms with E-state index in [-0.39, 0.29) is 0 Å². The molecule has 0 amide bonds. The van der Waals surface area contributed by atoms with Crippen LogP contribution < -0.4 is 5.32 Å². The SMILES string of the molecule is CSC(=Nc1cccc2nnc(C)cc12)NC#N. The number of aryl methyl sites for hydroxylation is 1. The molecule has 0 radical (unpaired) electrons. The Labute approximate surface area is 109 Å². The average Bonchev–Trinajstić information content (AvgIpc) is 2.38. The Bertz CT molecular complexity index is 644. The fourth-order valence-electron chi connectivity index (χ4n) is 1.53. The zero-order valence-corrected chi connectivity index (χ0v) is 10.8. The molecule has 0 aliphatic carbocycles. The number of rotatable bonds is 1. The molecular weight excluding hydrogens is 246 g/mol. The highest BCUT2D eigenvalue weighted by Gasteiger charge is 2.03. The minimum absolute atomic E-state index is 0.555. The van der Waals surface area contributed by atoms with Gasteiger partial charge in [0, 0.05) is 5.39 Å². The molecule has 0 saturated carbocycles. The summed E-state index contributed by atoms with van der Waals surface area (Å²) in [6.07, 6.45) is 3.73. The molecule has 0 fully saturated rings. The first kappa shape index (κ1) is 12.3. The summed E-state index contributed by atoms with van der Waals surface area (Å²) < 4.78 is 0. The van der Waals surface area contributed by atoms with E-state index in [1.54, 1.807) is 0 Å². The lowest BCUT2D eigenvalue weighted by molar-refractivity contribution is 1.02. The number of fused-ring (bicyclic) bond motifs is 1. The van der Waals surface area contributed by atoms with Crippen LogP contribution in [0, 0.1) is 18.4 Å². The van der Waals surface area contributed by atoms with Gasteiger partial charge in [-0.05, 0) is 31.4 Å². The average molecular weight is 257 g/mol. The van der Waals surface area contributed by atoms with Gasteiger partial charge in [-0.3, -0.25) is 5.32 Å². The van der Waals surface area contributed by atoms with Crippen LogP contribution in [0.25, 0.3) is 10.9 Å². The van der Waals surface area contributed by atoms with Gasteiger partial charge in [-0.1, -0.05) is 17.8 Å². The van der Waals surface area contributed by atoms with E-state index >= 15 is 0 Å². The second-order valence-corrected chi connectivity index (χ2v) is 4.35. The van der Waals surface area contributed by atoms with Crippen molar-refractivity contribution in [2.75, 3.05) is 6.26 Å². The summed E-state index contributed by atoms with van der Waals surface area (Å²) in [5.74, 6) is 0. The molecule has 0 saturated heterocycles. The number of nitrogens with one attached hydrogen (secondary N) is 1. The first-order valence-corrected chi connectivity index (χ1v) is 6.48. The van der Waals surface area contributed by atoms with Crippen LogP contribution in [0.1, 0.15) is 5.69 Å². The topological polar surface area (TPSA) is 74.0 Å². The summed E-state index contributed by atoms with van der Waals surface area (Å²) in [5, 5.41) is 20.8. The van der Waals surface area contributed by atoms with Crippen LogP contribution in [0.2, 0.25) is 0 Å². The van der Waals surface area contributed by atoms with Gasteiger partial charge in [0.05, 0.1) is 16.9 Å². The fraction of sp³-hybridized carbons (Fsp3) is 0.167. The Morgan fingerprint density at radius 2 is 2.28 bits per heavy atom. The molecule has 0 unspecified atom stereocenters. The van der Waals surface area contributed by atoms with Crippen molar-refractivity contribution in [2.45, 2.75) is 6.92 Å². The molecule has 18 heavy (non-hydrogen) atoms. The first-order valence-electron chi connectivity index (χ1n) is 5.25. The summed E-state index contributed by atoms with van der Waals surface area (Å²) in [5.41, 5.74) is 2.40. The highest BCUT2D eigenvalue weighted by atomic mass is 32.2. The van der Waals surface area contributed by atoms with Gasteiger partial charge in [0.1, 0.15) is 0 Å². The van der Waals surface area contributed by atoms with Crippen molar-refractivity contribution >= 4 is 33.5 Å². The Hall–Kier alpha value is -2.13. The Morgan fingerprint density at radius 3 is 3.00 bits per heavy atom. The number of aromatic nitrogens is 2. The van der Waals surface area contributed by atoms with E-state index in [1.807, 2.05) is 43.6 Å². The Morgan fingerprint density at radius 1 is 1.44 bits per heavy atom. The standard InChI is InChI=1S/C12H11N5S/c1-8-6-9-10(15-12(18-2)14-7-13)4-3-5-11(9)17-16-8/h3-6H,1-2H3,(H,14,15). The van der Waals surface area contributed by atoms with Crippen molar-refractivity contribution in [3.05, 3.63) is 30.0 Å². The lowest BCUT2D eigenvalue weighted by Gasteiger charge is -2.03. The third-order valence-electron chi connectivity index (χ3n) is 2.31. The molecule has 90 valence electrons. The Balaban J connectivity index is 2.57. The molecule has 0 aliphatic rings. The number of thioether (sulfide) groups is 1. The van der Waals surface area contributed by atoms with E-state index in [9.17, 15) is 0 Å². The van der Waals surface area contributed by atoms with Crippen molar-refractivity contribution in [2.24, 2.45) is 4.99 Å². The number of hydrogen-bond acceptors (Lipinski definition) is 5. The van der Waals surface area contributed by atoms with Crippen LogP contribution in [0.3, 0.4) is 0 Å². The molecule has 2 rings (SSSR count). The number of amidine groups is 1. The van der Waals surface area contributed by atoms with Crippen molar-refractivity contribution < 1.29 is 0 Å². The monoisotopic (exact) mass is 257 g/mol. The maximum Gasteiger partial charge on any atom is 0.183 e. The maximum absolute atomic E-state index is 8.63. The molecule has 1 aromatic heterocycles. The zero-order valence-electron chi connectivity index (χ0n) is 10.0. The number of hydrogen-bond donors (Lipinski definition) is 1. The van der Waals surface area contributed by atoms with E-state index in [0.717, 1.165) is 22.3 Å². The van der Waals surface area contributed by atoms with Gasteiger partial charge in [0.15, 0.2) is 11.4 Å². The Kier molecular flexibility index (Phi) is 3.75. The highest BCUT2D eigenvalue weighted by molar-refractivity contribution is 8.13. The smallest absolute Gasteiger partial charge is 0.183 e. The number of nitrogens with zero attached hydrogens (tertiary/aromatic N) is 4. The molecule has 6 heteroatoms. The first-order chi connectivity index (χ1) is 8.74. The van der Waals surface area contributed by atoms with Crippen LogP contribution in [0.5, 0.6) is 0 Å². The van der Waals surface area contributed by atoms with Crippen LogP contribution in [-0.4, -0.2) is 21.6 Å². The number of nitriles is 1. The molecule has 0 aliphatic heterocycles. The summed E-state index contributed by atoms with van der Waals surface area (Å²) in [6, 6.07) is 7.58. The van der Waals surface area contributed by atoms with E-state index < -0.39 is 0 Å². The van der Waals surface area contributed by atoms with Crippen molar-refractivity contribution in [3.8, 4) is 6.19 Å². The van der Waals surface area contributed by atoms with Crippen LogP contribution in [0.15, 0.2) is 29.3 Å². The van der Waals surface area contributed by atoms with Gasteiger partial charge >= 0.3 is 0 Å². The summed E-state index contributed by atoms with van der Waals surface area (Å²) in [7, 11) is 0. The fourth-order valence-corrected chi connectivity index (χ4v) is 1.86. The quantitative estimate of drug-likeness (QED) is 0.367. The summed E-state index contributed by atoms with van der Waals surface area (Å²) in [6.45, 7) is 1.88. The second-order valence-electron chi connectivity index (χ2n) is 3.55. The second kappa shape index (κ2) is 5.47. The van der Waals surface area contributed by atoms with Crippen LogP contribution in [-0.2, 0) is 0 Å². The minimum Gasteiger partial charge on any atom is -0.271 e. The molecule has 1 aromatic carbocycles. The summed E-state index contributed by atoms with van der Waals surface area (Å²) >= 11 is 1.38. The molecule has 0 bridgehead atoms. The molecule has 5 nitrogen and oxygen atoms in total. The predicted molar refractivity (Wildman–Crippen MR) is 73.6 cm³/mol. The van der Waals surface area contributed by atoms with Gasteiger partial charge in [0.25, 0.3) is 0 Å².